The van der Waals surface area contributed by atoms with Crippen molar-refractivity contribution in [3.8, 4) is 0 Å². The molecule has 1 N–H and O–H groups in total. The lowest BCUT2D eigenvalue weighted by molar-refractivity contribution is 0.490. The predicted octanol–water partition coefficient (Wildman–Crippen LogP) is 4.10. The second kappa shape index (κ2) is 5.27. The molecule has 0 aliphatic rings. The van der Waals surface area contributed by atoms with Crippen LogP contribution in [0, 0.1) is 6.92 Å². The topological polar surface area (TPSA) is 38.1 Å². The van der Waals surface area contributed by atoms with E-state index in [9.17, 15) is 0 Å². The molecule has 2 aromatic heterocycles. The largest absolute Gasteiger partial charge is 0.459 e. The molecule has 0 radical (unpaired) electrons. The lowest BCUT2D eigenvalue weighted by Gasteiger charge is -2.15. The minimum absolute atomic E-state index is 0.0858. The van der Waals surface area contributed by atoms with Gasteiger partial charge in [0.05, 0.1) is 11.1 Å². The Morgan fingerprint density at radius 2 is 2.15 bits per heavy atom. The summed E-state index contributed by atoms with van der Waals surface area (Å²) in [5.41, 5.74) is 3.01. The third-order valence-electron chi connectivity index (χ3n) is 3.45. The van der Waals surface area contributed by atoms with Crippen molar-refractivity contribution in [2.75, 3.05) is 7.05 Å². The van der Waals surface area contributed by atoms with Crippen molar-refractivity contribution in [2.45, 2.75) is 13.0 Å². The van der Waals surface area contributed by atoms with Crippen molar-refractivity contribution in [1.82, 2.24) is 10.3 Å². The number of aromatic nitrogens is 1. The molecule has 3 nitrogen and oxygen atoms in total. The number of furan rings is 1. The molecule has 0 saturated heterocycles. The Labute approximate surface area is 122 Å². The number of nitrogens with zero attached hydrogens (tertiary/aromatic N) is 1. The first kappa shape index (κ1) is 13.2. The van der Waals surface area contributed by atoms with Gasteiger partial charge in [0.1, 0.15) is 11.3 Å². The molecule has 0 aliphatic carbocycles. The van der Waals surface area contributed by atoms with E-state index in [0.717, 1.165) is 27.9 Å². The molecule has 2 heterocycles. The smallest absolute Gasteiger partial charge is 0.137 e. The summed E-state index contributed by atoms with van der Waals surface area (Å²) in [6, 6.07) is 10.0. The van der Waals surface area contributed by atoms with Crippen LogP contribution in [0.1, 0.15) is 22.9 Å². The van der Waals surface area contributed by atoms with Gasteiger partial charge in [-0.1, -0.05) is 29.8 Å². The van der Waals surface area contributed by atoms with Crippen LogP contribution in [0.25, 0.3) is 11.0 Å². The average Bonchev–Trinajstić information content (AvgIpc) is 2.87. The van der Waals surface area contributed by atoms with Crippen LogP contribution < -0.4 is 5.32 Å². The fraction of sp³-hybridized carbons (Fsp3) is 0.188. The summed E-state index contributed by atoms with van der Waals surface area (Å²) in [6.07, 6.45) is 3.38. The van der Waals surface area contributed by atoms with Crippen LogP contribution in [0.15, 0.2) is 47.1 Å². The van der Waals surface area contributed by atoms with Crippen LogP contribution >= 0.6 is 11.6 Å². The minimum atomic E-state index is -0.0858. The molecule has 0 fully saturated rings. The highest BCUT2D eigenvalue weighted by molar-refractivity contribution is 6.31. The molecule has 0 aliphatic heterocycles. The Balaban J connectivity index is 2.12. The molecule has 0 amide bonds. The summed E-state index contributed by atoms with van der Waals surface area (Å²) in [5.74, 6) is 0.852. The number of fused-ring (bicyclic) bond motifs is 1. The van der Waals surface area contributed by atoms with Gasteiger partial charge in [0.2, 0.25) is 0 Å². The van der Waals surface area contributed by atoms with Crippen molar-refractivity contribution in [3.05, 3.63) is 64.6 Å². The Morgan fingerprint density at radius 1 is 1.30 bits per heavy atom. The third kappa shape index (κ3) is 2.19. The zero-order valence-corrected chi connectivity index (χ0v) is 12.1. The van der Waals surface area contributed by atoms with Crippen LogP contribution in [-0.2, 0) is 0 Å². The molecule has 1 aromatic carbocycles. The van der Waals surface area contributed by atoms with E-state index < -0.39 is 0 Å². The number of hydrogen-bond acceptors (Lipinski definition) is 3. The van der Waals surface area contributed by atoms with Crippen LogP contribution in [0.5, 0.6) is 0 Å². The zero-order chi connectivity index (χ0) is 14.1. The SMILES string of the molecule is CNC(c1cc2cccc(C)c2o1)c1ccncc1Cl. The molecule has 102 valence electrons. The second-order valence-corrected chi connectivity index (χ2v) is 5.17. The van der Waals surface area contributed by atoms with Gasteiger partial charge < -0.3 is 9.73 Å². The van der Waals surface area contributed by atoms with Crippen molar-refractivity contribution in [3.63, 3.8) is 0 Å². The number of rotatable bonds is 3. The Kier molecular flexibility index (Phi) is 3.47. The normalized spacial score (nSPS) is 12.8. The van der Waals surface area contributed by atoms with Gasteiger partial charge in [0.25, 0.3) is 0 Å². The summed E-state index contributed by atoms with van der Waals surface area (Å²) in [6.45, 7) is 2.05. The first-order valence-corrected chi connectivity index (χ1v) is 6.84. The zero-order valence-electron chi connectivity index (χ0n) is 11.4. The highest BCUT2D eigenvalue weighted by atomic mass is 35.5. The van der Waals surface area contributed by atoms with Gasteiger partial charge in [-0.3, -0.25) is 4.98 Å². The second-order valence-electron chi connectivity index (χ2n) is 4.76. The van der Waals surface area contributed by atoms with E-state index in [0.29, 0.717) is 5.02 Å². The average molecular weight is 287 g/mol. The first-order valence-electron chi connectivity index (χ1n) is 6.46. The maximum atomic E-state index is 6.23. The summed E-state index contributed by atoms with van der Waals surface area (Å²) in [4.78, 5) is 4.02. The molecular weight excluding hydrogens is 272 g/mol. The van der Waals surface area contributed by atoms with Crippen molar-refractivity contribution in [2.24, 2.45) is 0 Å². The highest BCUT2D eigenvalue weighted by Crippen LogP contribution is 2.32. The molecule has 0 spiro atoms. The van der Waals surface area contributed by atoms with E-state index in [4.69, 9.17) is 16.0 Å². The minimum Gasteiger partial charge on any atom is -0.459 e. The molecule has 1 atom stereocenters. The predicted molar refractivity (Wildman–Crippen MR) is 81.1 cm³/mol. The third-order valence-corrected chi connectivity index (χ3v) is 3.76. The van der Waals surface area contributed by atoms with Gasteiger partial charge in [-0.15, -0.1) is 0 Å². The maximum Gasteiger partial charge on any atom is 0.137 e. The number of halogens is 1. The van der Waals surface area contributed by atoms with Crippen LogP contribution in [0.4, 0.5) is 0 Å². The first-order chi connectivity index (χ1) is 9.70. The van der Waals surface area contributed by atoms with E-state index in [1.807, 2.05) is 32.2 Å². The van der Waals surface area contributed by atoms with E-state index >= 15 is 0 Å². The summed E-state index contributed by atoms with van der Waals surface area (Å²) < 4.78 is 6.02. The number of aryl methyl sites for hydroxylation is 1. The van der Waals surface area contributed by atoms with Gasteiger partial charge >= 0.3 is 0 Å². The van der Waals surface area contributed by atoms with E-state index in [-0.39, 0.29) is 6.04 Å². The Morgan fingerprint density at radius 3 is 2.85 bits per heavy atom. The fourth-order valence-corrected chi connectivity index (χ4v) is 2.67. The van der Waals surface area contributed by atoms with E-state index in [1.54, 1.807) is 12.4 Å². The lowest BCUT2D eigenvalue weighted by Crippen LogP contribution is -2.17. The van der Waals surface area contributed by atoms with E-state index in [1.165, 1.54) is 0 Å². The number of benzene rings is 1. The summed E-state index contributed by atoms with van der Waals surface area (Å²) >= 11 is 6.23. The Bertz CT molecular complexity index is 751. The number of nitrogens with one attached hydrogen (secondary N) is 1. The summed E-state index contributed by atoms with van der Waals surface area (Å²) in [7, 11) is 1.89. The van der Waals surface area contributed by atoms with Gasteiger partial charge in [0.15, 0.2) is 0 Å². The maximum absolute atomic E-state index is 6.23. The molecule has 0 bridgehead atoms. The van der Waals surface area contributed by atoms with Crippen molar-refractivity contribution >= 4 is 22.6 Å². The molecular formula is C16H15ClN2O. The molecule has 1 unspecified atom stereocenters. The summed E-state index contributed by atoms with van der Waals surface area (Å²) in [5, 5.41) is 4.98. The molecule has 0 saturated carbocycles. The van der Waals surface area contributed by atoms with Crippen LogP contribution in [0.3, 0.4) is 0 Å². The van der Waals surface area contributed by atoms with Crippen molar-refractivity contribution in [1.29, 1.82) is 0 Å². The lowest BCUT2D eigenvalue weighted by atomic mass is 10.1. The monoisotopic (exact) mass is 286 g/mol. The molecule has 3 rings (SSSR count). The van der Waals surface area contributed by atoms with Crippen molar-refractivity contribution < 1.29 is 4.42 Å². The number of para-hydroxylation sites is 1. The fourth-order valence-electron chi connectivity index (χ4n) is 2.44. The molecule has 3 aromatic rings. The molecule has 20 heavy (non-hydrogen) atoms. The van der Waals surface area contributed by atoms with Crippen LogP contribution in [-0.4, -0.2) is 12.0 Å². The Hall–Kier alpha value is -1.84. The van der Waals surface area contributed by atoms with Gasteiger partial charge in [0, 0.05) is 17.8 Å². The standard InChI is InChI=1S/C16H15ClN2O/c1-10-4-3-5-11-8-14(20-16(10)11)15(18-2)12-6-7-19-9-13(12)17/h3-9,15,18H,1-2H3. The quantitative estimate of drug-likeness (QED) is 0.788. The highest BCUT2D eigenvalue weighted by Gasteiger charge is 2.19. The van der Waals surface area contributed by atoms with Gasteiger partial charge in [-0.25, -0.2) is 0 Å². The number of hydrogen-bond donors (Lipinski definition) is 1. The number of pyridine rings is 1. The van der Waals surface area contributed by atoms with Gasteiger partial charge in [-0.05, 0) is 37.2 Å². The molecule has 4 heteroatoms. The van der Waals surface area contributed by atoms with Gasteiger partial charge in [-0.2, -0.15) is 0 Å². The van der Waals surface area contributed by atoms with Crippen LogP contribution in [0.2, 0.25) is 5.02 Å². The van der Waals surface area contributed by atoms with E-state index in [2.05, 4.69) is 22.4 Å².